The van der Waals surface area contributed by atoms with E-state index in [-0.39, 0.29) is 31.5 Å². The van der Waals surface area contributed by atoms with Crippen LogP contribution >= 0.6 is 11.6 Å². The van der Waals surface area contributed by atoms with Crippen molar-refractivity contribution in [3.8, 4) is 17.1 Å². The summed E-state index contributed by atoms with van der Waals surface area (Å²) in [4.78, 5) is 27.8. The molecule has 0 aliphatic carbocycles. The molecule has 3 aromatic rings. The summed E-state index contributed by atoms with van der Waals surface area (Å²) in [6, 6.07) is 15.9. The van der Waals surface area contributed by atoms with Crippen LogP contribution in [0.15, 0.2) is 59.1 Å². The zero-order chi connectivity index (χ0) is 19.8. The molecule has 28 heavy (non-hydrogen) atoms. The molecule has 0 unspecified atom stereocenters. The molecular weight excluding hydrogens is 384 g/mol. The fourth-order valence-electron chi connectivity index (χ4n) is 2.23. The van der Waals surface area contributed by atoms with Crippen molar-refractivity contribution in [3.05, 3.63) is 65.5 Å². The van der Waals surface area contributed by atoms with Crippen LogP contribution in [0.1, 0.15) is 10.7 Å². The van der Waals surface area contributed by atoms with Gasteiger partial charge in [-0.15, -0.1) is 0 Å². The Labute approximate surface area is 165 Å². The topological polar surface area (TPSA) is 106 Å². The number of aromatic nitrogens is 2. The quantitative estimate of drug-likeness (QED) is 0.562. The number of ether oxygens (including phenoxy) is 1. The van der Waals surface area contributed by atoms with Gasteiger partial charge in [0.25, 0.3) is 5.91 Å². The van der Waals surface area contributed by atoms with E-state index in [1.165, 1.54) is 0 Å². The highest BCUT2D eigenvalue weighted by Gasteiger charge is 2.15. The monoisotopic (exact) mass is 400 g/mol. The maximum atomic E-state index is 12.0. The molecular formula is C19H17ClN4O4. The van der Waals surface area contributed by atoms with Gasteiger partial charge in [0.1, 0.15) is 5.75 Å². The van der Waals surface area contributed by atoms with Crippen molar-refractivity contribution in [2.75, 3.05) is 19.7 Å². The molecule has 1 aromatic heterocycles. The molecule has 0 radical (unpaired) electrons. The first-order valence-corrected chi connectivity index (χ1v) is 8.82. The van der Waals surface area contributed by atoms with E-state index >= 15 is 0 Å². The van der Waals surface area contributed by atoms with Crippen LogP contribution in [-0.4, -0.2) is 41.7 Å². The van der Waals surface area contributed by atoms with Crippen LogP contribution in [0.25, 0.3) is 11.4 Å². The summed E-state index contributed by atoms with van der Waals surface area (Å²) < 4.78 is 10.3. The first-order valence-electron chi connectivity index (χ1n) is 8.44. The zero-order valence-corrected chi connectivity index (χ0v) is 15.5. The molecule has 144 valence electrons. The maximum Gasteiger partial charge on any atom is 0.316 e. The SMILES string of the molecule is O=C(COc1cccc(Cl)c1)NCCNC(=O)c1nc(-c2ccccc2)no1. The number of rotatable bonds is 8. The Balaban J connectivity index is 1.37. The summed E-state index contributed by atoms with van der Waals surface area (Å²) in [6.45, 7) is 0.270. The number of nitrogens with zero attached hydrogens (tertiary/aromatic N) is 2. The molecule has 1 heterocycles. The van der Waals surface area contributed by atoms with Crippen LogP contribution in [0.4, 0.5) is 0 Å². The van der Waals surface area contributed by atoms with E-state index in [2.05, 4.69) is 20.8 Å². The second-order valence-corrected chi connectivity index (χ2v) is 6.08. The van der Waals surface area contributed by atoms with Gasteiger partial charge in [-0.2, -0.15) is 4.98 Å². The Hall–Kier alpha value is -3.39. The van der Waals surface area contributed by atoms with Crippen LogP contribution in [0.5, 0.6) is 5.75 Å². The van der Waals surface area contributed by atoms with E-state index in [0.717, 1.165) is 5.56 Å². The third kappa shape index (κ3) is 5.55. The number of carbonyl (C=O) groups excluding carboxylic acids is 2. The molecule has 0 saturated heterocycles. The van der Waals surface area contributed by atoms with E-state index in [0.29, 0.717) is 16.6 Å². The van der Waals surface area contributed by atoms with Gasteiger partial charge in [0.2, 0.25) is 5.82 Å². The predicted molar refractivity (Wildman–Crippen MR) is 102 cm³/mol. The second-order valence-electron chi connectivity index (χ2n) is 5.64. The van der Waals surface area contributed by atoms with Gasteiger partial charge >= 0.3 is 11.8 Å². The predicted octanol–water partition coefficient (Wildman–Crippen LogP) is 2.32. The summed E-state index contributed by atoms with van der Waals surface area (Å²) in [5, 5.41) is 9.53. The molecule has 0 fully saturated rings. The molecule has 2 N–H and O–H groups in total. The molecule has 0 aliphatic heterocycles. The van der Waals surface area contributed by atoms with E-state index in [1.807, 2.05) is 30.3 Å². The molecule has 2 aromatic carbocycles. The number of carbonyl (C=O) groups is 2. The van der Waals surface area contributed by atoms with Crippen LogP contribution in [0, 0.1) is 0 Å². The highest BCUT2D eigenvalue weighted by Crippen LogP contribution is 2.17. The summed E-state index contributed by atoms with van der Waals surface area (Å²) in [6.07, 6.45) is 0. The molecule has 9 heteroatoms. The third-order valence-electron chi connectivity index (χ3n) is 3.55. The largest absolute Gasteiger partial charge is 0.484 e. The Morgan fingerprint density at radius 3 is 2.61 bits per heavy atom. The lowest BCUT2D eigenvalue weighted by Gasteiger charge is -2.08. The minimum Gasteiger partial charge on any atom is -0.484 e. The smallest absolute Gasteiger partial charge is 0.316 e. The lowest BCUT2D eigenvalue weighted by Crippen LogP contribution is -2.36. The first kappa shape index (κ1) is 19.4. The van der Waals surface area contributed by atoms with Crippen LogP contribution in [0.3, 0.4) is 0 Å². The van der Waals surface area contributed by atoms with Gasteiger partial charge in [0.15, 0.2) is 6.61 Å². The molecule has 0 atom stereocenters. The van der Waals surface area contributed by atoms with Gasteiger partial charge in [-0.05, 0) is 18.2 Å². The van der Waals surface area contributed by atoms with Crippen molar-refractivity contribution < 1.29 is 18.8 Å². The third-order valence-corrected chi connectivity index (χ3v) is 3.79. The van der Waals surface area contributed by atoms with Crippen molar-refractivity contribution in [1.82, 2.24) is 20.8 Å². The van der Waals surface area contributed by atoms with Crippen molar-refractivity contribution in [1.29, 1.82) is 0 Å². The molecule has 0 saturated carbocycles. The average Bonchev–Trinajstić information content (AvgIpc) is 3.21. The van der Waals surface area contributed by atoms with Crippen LogP contribution < -0.4 is 15.4 Å². The highest BCUT2D eigenvalue weighted by atomic mass is 35.5. The van der Waals surface area contributed by atoms with Crippen molar-refractivity contribution in [2.45, 2.75) is 0 Å². The molecule has 0 aliphatic rings. The lowest BCUT2D eigenvalue weighted by atomic mass is 10.2. The average molecular weight is 401 g/mol. The molecule has 0 spiro atoms. The number of halogens is 1. The molecule has 0 bridgehead atoms. The summed E-state index contributed by atoms with van der Waals surface area (Å²) in [7, 11) is 0. The Morgan fingerprint density at radius 1 is 1.04 bits per heavy atom. The summed E-state index contributed by atoms with van der Waals surface area (Å²) >= 11 is 5.84. The Kier molecular flexibility index (Phi) is 6.59. The zero-order valence-electron chi connectivity index (χ0n) is 14.7. The minimum absolute atomic E-state index is 0.144. The fraction of sp³-hybridized carbons (Fsp3) is 0.158. The van der Waals surface area contributed by atoms with E-state index < -0.39 is 5.91 Å². The number of nitrogens with one attached hydrogen (secondary N) is 2. The summed E-state index contributed by atoms with van der Waals surface area (Å²) in [5.41, 5.74) is 0.747. The number of hydrogen-bond donors (Lipinski definition) is 2. The van der Waals surface area contributed by atoms with Gasteiger partial charge in [-0.25, -0.2) is 0 Å². The molecule has 3 rings (SSSR count). The lowest BCUT2D eigenvalue weighted by molar-refractivity contribution is -0.123. The van der Waals surface area contributed by atoms with E-state index in [4.69, 9.17) is 20.9 Å². The normalized spacial score (nSPS) is 10.3. The van der Waals surface area contributed by atoms with E-state index in [1.54, 1.807) is 24.3 Å². The van der Waals surface area contributed by atoms with Crippen LogP contribution in [0.2, 0.25) is 5.02 Å². The summed E-state index contributed by atoms with van der Waals surface area (Å²) in [5.74, 6) is -0.147. The number of benzene rings is 2. The molecule has 2 amide bonds. The van der Waals surface area contributed by atoms with Crippen LogP contribution in [-0.2, 0) is 4.79 Å². The molecule has 8 nitrogen and oxygen atoms in total. The highest BCUT2D eigenvalue weighted by molar-refractivity contribution is 6.30. The minimum atomic E-state index is -0.515. The van der Waals surface area contributed by atoms with Gasteiger partial charge < -0.3 is 19.9 Å². The van der Waals surface area contributed by atoms with Crippen molar-refractivity contribution in [3.63, 3.8) is 0 Å². The second kappa shape index (κ2) is 9.52. The van der Waals surface area contributed by atoms with Gasteiger partial charge in [-0.1, -0.05) is 53.2 Å². The maximum absolute atomic E-state index is 12.0. The Bertz CT molecular complexity index is 946. The fourth-order valence-corrected chi connectivity index (χ4v) is 2.41. The first-order chi connectivity index (χ1) is 13.6. The van der Waals surface area contributed by atoms with Gasteiger partial charge in [0, 0.05) is 23.7 Å². The van der Waals surface area contributed by atoms with Crippen molar-refractivity contribution >= 4 is 23.4 Å². The standard InChI is InChI=1S/C19H17ClN4O4/c20-14-7-4-8-15(11-14)27-12-16(25)21-9-10-22-18(26)19-23-17(24-28-19)13-5-2-1-3-6-13/h1-8,11H,9-10,12H2,(H,21,25)(H,22,26). The van der Waals surface area contributed by atoms with E-state index in [9.17, 15) is 9.59 Å². The van der Waals surface area contributed by atoms with Gasteiger partial charge in [0.05, 0.1) is 0 Å². The van der Waals surface area contributed by atoms with Crippen molar-refractivity contribution in [2.24, 2.45) is 0 Å². The van der Waals surface area contributed by atoms with Gasteiger partial charge in [-0.3, -0.25) is 9.59 Å². The number of amides is 2. The Morgan fingerprint density at radius 2 is 1.82 bits per heavy atom. The number of hydrogen-bond acceptors (Lipinski definition) is 6.